The minimum absolute atomic E-state index is 0.0602. The highest BCUT2D eigenvalue weighted by molar-refractivity contribution is 5.72. The number of carbonyl (C=O) groups is 1. The molecule has 15 heavy (non-hydrogen) atoms. The number of hydrogen-bond acceptors (Lipinski definition) is 3. The second-order valence-corrected chi connectivity index (χ2v) is 4.37. The van der Waals surface area contributed by atoms with Crippen LogP contribution in [0.1, 0.15) is 26.2 Å². The Morgan fingerprint density at radius 3 is 2.93 bits per heavy atom. The van der Waals surface area contributed by atoms with E-state index in [0.717, 1.165) is 38.9 Å². The number of esters is 1. The van der Waals surface area contributed by atoms with Gasteiger partial charge in [-0.05, 0) is 32.7 Å². The van der Waals surface area contributed by atoms with Crippen LogP contribution in [-0.2, 0) is 9.53 Å². The van der Waals surface area contributed by atoms with E-state index >= 15 is 0 Å². The normalized spacial score (nSPS) is 22.4. The summed E-state index contributed by atoms with van der Waals surface area (Å²) in [4.78, 5) is 13.7. The lowest BCUT2D eigenvalue weighted by molar-refractivity contribution is -0.147. The summed E-state index contributed by atoms with van der Waals surface area (Å²) in [6, 6.07) is 0. The number of methoxy groups -OCH3 is 1. The molecule has 0 aromatic rings. The predicted octanol–water partition coefficient (Wildman–Crippen LogP) is 1.84. The highest BCUT2D eigenvalue weighted by atomic mass is 16.5. The van der Waals surface area contributed by atoms with Gasteiger partial charge in [0.05, 0.1) is 13.0 Å². The van der Waals surface area contributed by atoms with Crippen LogP contribution in [0, 0.1) is 5.92 Å². The lowest BCUT2D eigenvalue weighted by atomic mass is 9.98. The molecule has 0 aromatic heterocycles. The van der Waals surface area contributed by atoms with Gasteiger partial charge in [-0.1, -0.05) is 5.57 Å². The van der Waals surface area contributed by atoms with Gasteiger partial charge >= 0.3 is 5.97 Å². The summed E-state index contributed by atoms with van der Waals surface area (Å²) in [7, 11) is 1.47. The molecule has 3 heteroatoms. The van der Waals surface area contributed by atoms with Crippen molar-refractivity contribution in [1.29, 1.82) is 0 Å². The summed E-state index contributed by atoms with van der Waals surface area (Å²) < 4.78 is 4.78. The lowest BCUT2D eigenvalue weighted by Crippen LogP contribution is -2.39. The molecule has 1 unspecified atom stereocenters. The van der Waals surface area contributed by atoms with Gasteiger partial charge in [0, 0.05) is 13.1 Å². The zero-order chi connectivity index (χ0) is 11.3. The number of rotatable bonds is 4. The van der Waals surface area contributed by atoms with Gasteiger partial charge < -0.3 is 9.64 Å². The van der Waals surface area contributed by atoms with Crippen molar-refractivity contribution in [3.05, 3.63) is 12.2 Å². The molecule has 86 valence electrons. The van der Waals surface area contributed by atoms with E-state index < -0.39 is 0 Å². The van der Waals surface area contributed by atoms with Crippen LogP contribution < -0.4 is 0 Å². The van der Waals surface area contributed by atoms with Gasteiger partial charge in [0.15, 0.2) is 0 Å². The lowest BCUT2D eigenvalue weighted by Gasteiger charge is -2.31. The van der Waals surface area contributed by atoms with Crippen molar-refractivity contribution in [2.24, 2.45) is 5.92 Å². The molecule has 0 aromatic carbocycles. The molecule has 0 spiro atoms. The number of carbonyl (C=O) groups excluding carboxylic acids is 1. The quantitative estimate of drug-likeness (QED) is 0.525. The molecule has 0 aliphatic carbocycles. The molecule has 0 bridgehead atoms. The van der Waals surface area contributed by atoms with Crippen LogP contribution in [0.3, 0.4) is 0 Å². The average molecular weight is 211 g/mol. The van der Waals surface area contributed by atoms with Crippen molar-refractivity contribution in [3.63, 3.8) is 0 Å². The number of likely N-dealkylation sites (tertiary alicyclic amines) is 1. The van der Waals surface area contributed by atoms with Crippen molar-refractivity contribution in [1.82, 2.24) is 4.90 Å². The van der Waals surface area contributed by atoms with Gasteiger partial charge in [-0.25, -0.2) is 0 Å². The maximum absolute atomic E-state index is 11.4. The molecule has 1 rings (SSSR count). The van der Waals surface area contributed by atoms with Gasteiger partial charge in [-0.2, -0.15) is 0 Å². The van der Waals surface area contributed by atoms with Crippen LogP contribution in [0.25, 0.3) is 0 Å². The molecular formula is C12H21NO2. The summed E-state index contributed by atoms with van der Waals surface area (Å²) in [5.41, 5.74) is 1.20. The van der Waals surface area contributed by atoms with Gasteiger partial charge in [0.1, 0.15) is 0 Å². The smallest absolute Gasteiger partial charge is 0.309 e. The van der Waals surface area contributed by atoms with E-state index in [9.17, 15) is 4.79 Å². The second-order valence-electron chi connectivity index (χ2n) is 4.37. The van der Waals surface area contributed by atoms with E-state index in [-0.39, 0.29) is 11.9 Å². The topological polar surface area (TPSA) is 29.5 Å². The SMILES string of the molecule is C=C(C)CCN1CCCC(C(=O)OC)C1. The van der Waals surface area contributed by atoms with E-state index in [1.807, 2.05) is 6.92 Å². The Morgan fingerprint density at radius 2 is 2.33 bits per heavy atom. The van der Waals surface area contributed by atoms with Crippen LogP contribution in [0.2, 0.25) is 0 Å². The number of nitrogens with zero attached hydrogens (tertiary/aromatic N) is 1. The fourth-order valence-corrected chi connectivity index (χ4v) is 1.97. The van der Waals surface area contributed by atoms with Crippen molar-refractivity contribution >= 4 is 5.97 Å². The van der Waals surface area contributed by atoms with Crippen molar-refractivity contribution in [2.75, 3.05) is 26.7 Å². The summed E-state index contributed by atoms with van der Waals surface area (Å²) in [5, 5.41) is 0. The molecular weight excluding hydrogens is 190 g/mol. The Kier molecular flexibility index (Phi) is 4.82. The molecule has 1 aliphatic heterocycles. The Balaban J connectivity index is 2.35. The first-order chi connectivity index (χ1) is 7.13. The number of hydrogen-bond donors (Lipinski definition) is 0. The fourth-order valence-electron chi connectivity index (χ4n) is 1.97. The van der Waals surface area contributed by atoms with Crippen molar-refractivity contribution in [2.45, 2.75) is 26.2 Å². The maximum Gasteiger partial charge on any atom is 0.309 e. The third kappa shape index (κ3) is 4.04. The third-order valence-corrected chi connectivity index (χ3v) is 2.89. The molecule has 1 fully saturated rings. The van der Waals surface area contributed by atoms with E-state index in [1.165, 1.54) is 12.7 Å². The first kappa shape index (κ1) is 12.2. The fraction of sp³-hybridized carbons (Fsp3) is 0.750. The summed E-state index contributed by atoms with van der Waals surface area (Å²) in [5.74, 6) is 0.0175. The van der Waals surface area contributed by atoms with Crippen LogP contribution in [0.4, 0.5) is 0 Å². The first-order valence-corrected chi connectivity index (χ1v) is 5.58. The summed E-state index contributed by atoms with van der Waals surface area (Å²) in [6.07, 6.45) is 3.08. The molecule has 0 saturated carbocycles. The Labute approximate surface area is 92.1 Å². The molecule has 0 amide bonds. The average Bonchev–Trinajstić information content (AvgIpc) is 2.25. The van der Waals surface area contributed by atoms with E-state index in [1.54, 1.807) is 0 Å². The zero-order valence-electron chi connectivity index (χ0n) is 9.79. The maximum atomic E-state index is 11.4. The Morgan fingerprint density at radius 1 is 1.60 bits per heavy atom. The summed E-state index contributed by atoms with van der Waals surface area (Å²) in [6.45, 7) is 8.90. The summed E-state index contributed by atoms with van der Waals surface area (Å²) >= 11 is 0. The molecule has 0 N–H and O–H groups in total. The number of piperidine rings is 1. The number of ether oxygens (including phenoxy) is 1. The van der Waals surface area contributed by atoms with E-state index in [0.29, 0.717) is 0 Å². The van der Waals surface area contributed by atoms with Crippen LogP contribution in [0.15, 0.2) is 12.2 Å². The zero-order valence-corrected chi connectivity index (χ0v) is 9.79. The first-order valence-electron chi connectivity index (χ1n) is 5.58. The minimum atomic E-state index is -0.0602. The van der Waals surface area contributed by atoms with Crippen LogP contribution >= 0.6 is 0 Å². The second kappa shape index (κ2) is 5.91. The highest BCUT2D eigenvalue weighted by Crippen LogP contribution is 2.18. The van der Waals surface area contributed by atoms with E-state index in [2.05, 4.69) is 11.5 Å². The van der Waals surface area contributed by atoms with Gasteiger partial charge in [0.25, 0.3) is 0 Å². The molecule has 3 nitrogen and oxygen atoms in total. The van der Waals surface area contributed by atoms with Crippen LogP contribution in [0.5, 0.6) is 0 Å². The van der Waals surface area contributed by atoms with Gasteiger partial charge in [0.2, 0.25) is 0 Å². The molecule has 1 heterocycles. The standard InChI is InChI=1S/C12H21NO2/c1-10(2)6-8-13-7-4-5-11(9-13)12(14)15-3/h11H,1,4-9H2,2-3H3. The minimum Gasteiger partial charge on any atom is -0.469 e. The molecule has 1 saturated heterocycles. The molecule has 0 radical (unpaired) electrons. The highest BCUT2D eigenvalue weighted by Gasteiger charge is 2.25. The molecule has 1 aliphatic rings. The van der Waals surface area contributed by atoms with Crippen LogP contribution in [-0.4, -0.2) is 37.6 Å². The monoisotopic (exact) mass is 211 g/mol. The largest absolute Gasteiger partial charge is 0.469 e. The Hall–Kier alpha value is -0.830. The predicted molar refractivity (Wildman–Crippen MR) is 60.6 cm³/mol. The van der Waals surface area contributed by atoms with Gasteiger partial charge in [-0.15, -0.1) is 6.58 Å². The third-order valence-electron chi connectivity index (χ3n) is 2.89. The van der Waals surface area contributed by atoms with Crippen molar-refractivity contribution < 1.29 is 9.53 Å². The van der Waals surface area contributed by atoms with Gasteiger partial charge in [-0.3, -0.25) is 4.79 Å². The van der Waals surface area contributed by atoms with Crippen molar-refractivity contribution in [3.8, 4) is 0 Å². The van der Waals surface area contributed by atoms with E-state index in [4.69, 9.17) is 4.74 Å². The Bertz CT molecular complexity index is 238. The molecule has 1 atom stereocenters.